The van der Waals surface area contributed by atoms with Crippen LogP contribution < -0.4 is 4.80 Å². The van der Waals surface area contributed by atoms with Crippen molar-refractivity contribution in [1.82, 2.24) is 4.57 Å². The summed E-state index contributed by atoms with van der Waals surface area (Å²) in [4.78, 5) is 14.0. The number of hydrogen-bond acceptors (Lipinski definition) is 2. The smallest absolute Gasteiger partial charge is 0.291 e. The van der Waals surface area contributed by atoms with Crippen LogP contribution in [0.2, 0.25) is 0 Å². The number of benzene rings is 1. The molecule has 0 spiro atoms. The summed E-state index contributed by atoms with van der Waals surface area (Å²) >= 11 is 3.65. The average Bonchev–Trinajstić information content (AvgIpc) is 2.85. The third-order valence-corrected chi connectivity index (χ3v) is 4.25. The van der Waals surface area contributed by atoms with Crippen molar-refractivity contribution in [3.8, 4) is 5.69 Å². The lowest BCUT2D eigenvalue weighted by Gasteiger charge is -2.10. The van der Waals surface area contributed by atoms with Crippen LogP contribution in [0.15, 0.2) is 39.2 Å². The second kappa shape index (κ2) is 6.90. The van der Waals surface area contributed by atoms with E-state index in [0.717, 1.165) is 22.8 Å². The van der Waals surface area contributed by atoms with Crippen molar-refractivity contribution in [2.75, 3.05) is 0 Å². The van der Waals surface area contributed by atoms with E-state index in [4.69, 9.17) is 0 Å². The Bertz CT molecular complexity index is 853. The Hall–Kier alpha value is -1.69. The second-order valence-electron chi connectivity index (χ2n) is 4.59. The molecule has 0 fully saturated rings. The highest BCUT2D eigenvalue weighted by Crippen LogP contribution is 2.30. The van der Waals surface area contributed by atoms with Gasteiger partial charge in [-0.2, -0.15) is 31.3 Å². The maximum Gasteiger partial charge on any atom is 0.428 e. The zero-order valence-corrected chi connectivity index (χ0v) is 14.1. The lowest BCUT2D eigenvalue weighted by atomic mass is 10.2. The lowest BCUT2D eigenvalue weighted by Crippen LogP contribution is -2.33. The molecule has 3 nitrogen and oxygen atoms in total. The average molecular weight is 451 g/mol. The predicted octanol–water partition coefficient (Wildman–Crippen LogP) is 4.65. The van der Waals surface area contributed by atoms with Gasteiger partial charge < -0.3 is 0 Å². The van der Waals surface area contributed by atoms with E-state index >= 15 is 0 Å². The van der Waals surface area contributed by atoms with E-state index in [1.165, 1.54) is 12.3 Å². The van der Waals surface area contributed by atoms with Crippen LogP contribution in [-0.4, -0.2) is 22.8 Å². The van der Waals surface area contributed by atoms with Gasteiger partial charge in [-0.15, -0.1) is 0 Å². The van der Waals surface area contributed by atoms with E-state index in [0.29, 0.717) is 11.3 Å². The van der Waals surface area contributed by atoms with Crippen LogP contribution >= 0.6 is 27.3 Å². The third kappa shape index (κ3) is 4.69. The van der Waals surface area contributed by atoms with Crippen molar-refractivity contribution >= 4 is 33.2 Å². The van der Waals surface area contributed by atoms with Crippen molar-refractivity contribution in [2.24, 2.45) is 4.99 Å². The maximum absolute atomic E-state index is 13.0. The fourth-order valence-electron chi connectivity index (χ4n) is 1.70. The molecule has 0 radical (unpaired) electrons. The molecule has 2 aromatic rings. The molecule has 0 saturated carbocycles. The minimum atomic E-state index is -5.42. The van der Waals surface area contributed by atoms with Crippen LogP contribution in [0.5, 0.6) is 0 Å². The predicted molar refractivity (Wildman–Crippen MR) is 77.9 cm³/mol. The van der Waals surface area contributed by atoms with Gasteiger partial charge in [0.1, 0.15) is 0 Å². The number of halogens is 8. The van der Waals surface area contributed by atoms with Gasteiger partial charge in [-0.25, -0.2) is 4.39 Å². The Morgan fingerprint density at radius 1 is 1.20 bits per heavy atom. The molecule has 0 bridgehead atoms. The number of thiazole rings is 1. The summed E-state index contributed by atoms with van der Waals surface area (Å²) in [7, 11) is 0. The van der Waals surface area contributed by atoms with E-state index < -0.39 is 34.8 Å². The van der Waals surface area contributed by atoms with Crippen molar-refractivity contribution in [2.45, 2.75) is 18.5 Å². The molecule has 0 aliphatic carbocycles. The summed E-state index contributed by atoms with van der Waals surface area (Å²) in [6.07, 6.45) is -12.7. The molecule has 0 saturated heterocycles. The van der Waals surface area contributed by atoms with Crippen LogP contribution in [0, 0.1) is 0 Å². The van der Waals surface area contributed by atoms with E-state index in [9.17, 15) is 35.5 Å². The first-order chi connectivity index (χ1) is 11.4. The quantitative estimate of drug-likeness (QED) is 0.613. The van der Waals surface area contributed by atoms with Gasteiger partial charge in [0.15, 0.2) is 4.80 Å². The first-order valence-electron chi connectivity index (χ1n) is 6.24. The highest BCUT2D eigenvalue weighted by atomic mass is 79.9. The molecule has 2 rings (SSSR count). The van der Waals surface area contributed by atoms with Gasteiger partial charge in [0.25, 0.3) is 12.1 Å². The topological polar surface area (TPSA) is 34.4 Å². The van der Waals surface area contributed by atoms with Crippen LogP contribution in [0.25, 0.3) is 5.69 Å². The Morgan fingerprint density at radius 2 is 1.84 bits per heavy atom. The second-order valence-corrected chi connectivity index (χ2v) is 6.98. The molecule has 1 unspecified atom stereocenters. The number of alkyl halides is 7. The number of hydrogen-bond donors (Lipinski definition) is 0. The minimum Gasteiger partial charge on any atom is -0.291 e. The molecule has 1 heterocycles. The van der Waals surface area contributed by atoms with Crippen LogP contribution in [0.3, 0.4) is 0 Å². The molecular formula is C13H6BrF7N2OS. The van der Waals surface area contributed by atoms with Crippen molar-refractivity contribution in [1.29, 1.82) is 0 Å². The summed E-state index contributed by atoms with van der Waals surface area (Å²) in [5.74, 6) is -2.09. The number of rotatable bonds is 2. The fourth-order valence-corrected chi connectivity index (χ4v) is 3.07. The third-order valence-electron chi connectivity index (χ3n) is 2.79. The van der Waals surface area contributed by atoms with Gasteiger partial charge in [0, 0.05) is 11.9 Å². The van der Waals surface area contributed by atoms with E-state index in [1.54, 1.807) is 0 Å². The fraction of sp³-hybridized carbons (Fsp3) is 0.231. The van der Waals surface area contributed by atoms with Crippen LogP contribution in [0.4, 0.5) is 30.7 Å². The van der Waals surface area contributed by atoms with E-state index in [-0.39, 0.29) is 9.47 Å². The molecule has 25 heavy (non-hydrogen) atoms. The Kier molecular flexibility index (Phi) is 5.42. The number of amides is 1. The molecule has 136 valence electrons. The number of carbonyl (C=O) groups excluding carboxylic acids is 1. The van der Waals surface area contributed by atoms with Gasteiger partial charge >= 0.3 is 12.4 Å². The first kappa shape index (κ1) is 19.6. The Labute approximate surface area is 147 Å². The zero-order chi connectivity index (χ0) is 19.0. The molecule has 1 amide bonds. The summed E-state index contributed by atoms with van der Waals surface area (Å²) < 4.78 is 89.2. The molecular weight excluding hydrogens is 445 g/mol. The van der Waals surface area contributed by atoms with E-state index in [1.807, 2.05) is 0 Å². The Morgan fingerprint density at radius 3 is 2.40 bits per heavy atom. The van der Waals surface area contributed by atoms with Gasteiger partial charge in [0.05, 0.1) is 9.35 Å². The van der Waals surface area contributed by atoms with Gasteiger partial charge in [-0.1, -0.05) is 17.4 Å². The highest BCUT2D eigenvalue weighted by Gasteiger charge is 2.45. The summed E-state index contributed by atoms with van der Waals surface area (Å²) in [6, 6.07) is 3.83. The van der Waals surface area contributed by atoms with Crippen molar-refractivity contribution in [3.63, 3.8) is 0 Å². The zero-order valence-electron chi connectivity index (χ0n) is 11.7. The molecule has 1 aromatic carbocycles. The largest absolute Gasteiger partial charge is 0.428 e. The number of aromatic nitrogens is 1. The molecule has 0 aliphatic rings. The Balaban J connectivity index is 2.53. The number of nitrogens with zero attached hydrogens (tertiary/aromatic N) is 2. The number of carbonyl (C=O) groups is 1. The standard InChI is InChI=1S/C13H6BrF7N2OS/c14-8-5-23(7-3-1-2-6(4-7)12(16,17)18)11(25-8)22-10(24)9(15)13(19,20)21/h1-5,9H. The van der Waals surface area contributed by atoms with Crippen LogP contribution in [-0.2, 0) is 11.0 Å². The van der Waals surface area contributed by atoms with Crippen molar-refractivity contribution < 1.29 is 35.5 Å². The van der Waals surface area contributed by atoms with Gasteiger partial charge in [-0.3, -0.25) is 9.36 Å². The summed E-state index contributed by atoms with van der Waals surface area (Å²) in [5.41, 5.74) is -1.11. The monoisotopic (exact) mass is 450 g/mol. The molecule has 0 N–H and O–H groups in total. The van der Waals surface area contributed by atoms with E-state index in [2.05, 4.69) is 20.9 Å². The van der Waals surface area contributed by atoms with Gasteiger partial charge in [-0.05, 0) is 34.1 Å². The van der Waals surface area contributed by atoms with Gasteiger partial charge in [0.2, 0.25) is 0 Å². The lowest BCUT2D eigenvalue weighted by molar-refractivity contribution is -0.185. The maximum atomic E-state index is 13.0. The van der Waals surface area contributed by atoms with Crippen molar-refractivity contribution in [3.05, 3.63) is 44.6 Å². The first-order valence-corrected chi connectivity index (χ1v) is 7.85. The summed E-state index contributed by atoms with van der Waals surface area (Å²) in [6.45, 7) is 0. The summed E-state index contributed by atoms with van der Waals surface area (Å²) in [5, 5.41) is 0. The SMILES string of the molecule is O=C(N=c1sc(Br)cn1-c1cccc(C(F)(F)F)c1)C(F)C(F)(F)F. The van der Waals surface area contributed by atoms with Crippen LogP contribution in [0.1, 0.15) is 5.56 Å². The normalized spacial score (nSPS) is 14.6. The molecule has 0 aliphatic heterocycles. The molecule has 1 aromatic heterocycles. The minimum absolute atomic E-state index is 0.106. The molecule has 12 heteroatoms. The molecule has 1 atom stereocenters. The highest BCUT2D eigenvalue weighted by molar-refractivity contribution is 9.11.